The Morgan fingerprint density at radius 3 is 2.57 bits per heavy atom. The number of amides is 1. The molecule has 1 unspecified atom stereocenters. The van der Waals surface area contributed by atoms with E-state index in [0.717, 1.165) is 18.0 Å². The molecule has 7 nitrogen and oxygen atoms in total. The molecule has 0 aromatic carbocycles. The molecule has 0 aliphatic carbocycles. The monoisotopic (exact) mass is 313 g/mol. The molecule has 3 aliphatic heterocycles. The van der Waals surface area contributed by atoms with Gasteiger partial charge in [0.05, 0.1) is 18.1 Å². The lowest BCUT2D eigenvalue weighted by Crippen LogP contribution is -2.63. The Kier molecular flexibility index (Phi) is 3.73. The first kappa shape index (κ1) is 14.8. The van der Waals surface area contributed by atoms with Crippen LogP contribution in [0.1, 0.15) is 13.8 Å². The summed E-state index contributed by atoms with van der Waals surface area (Å²) in [4.78, 5) is 25.9. The van der Waals surface area contributed by atoms with E-state index in [-0.39, 0.29) is 28.8 Å². The molecule has 4 N–H and O–H groups in total. The number of aliphatic hydroxyl groups excluding tert-OH is 1. The second-order valence-corrected chi connectivity index (χ2v) is 7.12. The number of fused-ring (bicyclic) bond motifs is 1. The highest BCUT2D eigenvalue weighted by molar-refractivity contribution is 8.03. The summed E-state index contributed by atoms with van der Waals surface area (Å²) in [5.41, 5.74) is 6.14. The summed E-state index contributed by atoms with van der Waals surface area (Å²) < 4.78 is 0. The van der Waals surface area contributed by atoms with Gasteiger partial charge in [0, 0.05) is 29.2 Å². The summed E-state index contributed by atoms with van der Waals surface area (Å²) in [5, 5.41) is 19.5. The minimum absolute atomic E-state index is 0.0565. The molecular formula is C13H19N3O4S. The van der Waals surface area contributed by atoms with E-state index in [1.54, 1.807) is 6.92 Å². The molecule has 8 heteroatoms. The van der Waals surface area contributed by atoms with E-state index in [2.05, 4.69) is 10.9 Å². The van der Waals surface area contributed by atoms with Crippen molar-refractivity contribution in [1.29, 1.82) is 0 Å². The molecule has 0 spiro atoms. The van der Waals surface area contributed by atoms with Gasteiger partial charge in [0.2, 0.25) is 5.91 Å². The highest BCUT2D eigenvalue weighted by atomic mass is 32.2. The van der Waals surface area contributed by atoms with Crippen molar-refractivity contribution in [3.63, 3.8) is 0 Å². The fourth-order valence-electron chi connectivity index (χ4n) is 3.39. The van der Waals surface area contributed by atoms with Crippen LogP contribution < -0.4 is 10.9 Å². The van der Waals surface area contributed by atoms with Gasteiger partial charge in [-0.2, -0.15) is 0 Å². The van der Waals surface area contributed by atoms with Crippen molar-refractivity contribution < 1.29 is 19.8 Å². The summed E-state index contributed by atoms with van der Waals surface area (Å²) in [6.45, 7) is 5.04. The third-order valence-electron chi connectivity index (χ3n) is 4.39. The van der Waals surface area contributed by atoms with Gasteiger partial charge in [0.25, 0.3) is 0 Å². The maximum Gasteiger partial charge on any atom is 0.353 e. The molecule has 0 bridgehead atoms. The minimum atomic E-state index is -1.07. The van der Waals surface area contributed by atoms with Gasteiger partial charge in [0.1, 0.15) is 5.70 Å². The molecule has 2 fully saturated rings. The van der Waals surface area contributed by atoms with Gasteiger partial charge in [-0.3, -0.25) is 15.6 Å². The van der Waals surface area contributed by atoms with Gasteiger partial charge in [-0.1, -0.05) is 6.92 Å². The van der Waals surface area contributed by atoms with E-state index in [1.807, 2.05) is 6.92 Å². The molecule has 3 heterocycles. The van der Waals surface area contributed by atoms with Crippen LogP contribution in [0.5, 0.6) is 0 Å². The van der Waals surface area contributed by atoms with Crippen molar-refractivity contribution >= 4 is 23.6 Å². The highest BCUT2D eigenvalue weighted by Gasteiger charge is 2.60. The zero-order valence-electron chi connectivity index (χ0n) is 11.9. The van der Waals surface area contributed by atoms with E-state index >= 15 is 0 Å². The number of β-lactam (4-membered cyclic amide) rings is 1. The predicted molar refractivity (Wildman–Crippen MR) is 77.0 cm³/mol. The van der Waals surface area contributed by atoms with Crippen molar-refractivity contribution in [2.45, 2.75) is 31.2 Å². The zero-order valence-corrected chi connectivity index (χ0v) is 12.7. The first-order chi connectivity index (χ1) is 9.93. The average molecular weight is 313 g/mol. The standard InChI is InChI=1S/C13H19N3O4S/c1-5-9-8(6(2)17)12(18)16(9)10(13(19)20)11(5)21-7-3-14-15-4-7/h5-9,14-15,17H,3-4H2,1-2H3,(H,19,20)/t5-,6-,8+,9?/m1/s1. The Balaban J connectivity index is 1.89. The summed E-state index contributed by atoms with van der Waals surface area (Å²) in [5.74, 6) is -1.90. The smallest absolute Gasteiger partial charge is 0.353 e. The lowest BCUT2D eigenvalue weighted by atomic mass is 9.79. The number of thioether (sulfide) groups is 1. The molecule has 2 saturated heterocycles. The Morgan fingerprint density at radius 1 is 1.43 bits per heavy atom. The second kappa shape index (κ2) is 5.28. The van der Waals surface area contributed by atoms with Crippen LogP contribution in [0.4, 0.5) is 0 Å². The van der Waals surface area contributed by atoms with Gasteiger partial charge in [-0.05, 0) is 6.92 Å². The van der Waals surface area contributed by atoms with Crippen LogP contribution in [0.25, 0.3) is 0 Å². The van der Waals surface area contributed by atoms with Crippen molar-refractivity contribution in [3.05, 3.63) is 10.6 Å². The fourth-order valence-corrected chi connectivity index (χ4v) is 4.73. The Bertz CT molecular complexity index is 516. The van der Waals surface area contributed by atoms with E-state index in [1.165, 1.54) is 16.7 Å². The largest absolute Gasteiger partial charge is 0.477 e. The van der Waals surface area contributed by atoms with Gasteiger partial charge in [0.15, 0.2) is 0 Å². The molecule has 3 rings (SSSR count). The number of nitrogens with zero attached hydrogens (tertiary/aromatic N) is 1. The summed E-state index contributed by atoms with van der Waals surface area (Å²) in [7, 11) is 0. The fraction of sp³-hybridized carbons (Fsp3) is 0.692. The van der Waals surface area contributed by atoms with Gasteiger partial charge in [-0.25, -0.2) is 4.79 Å². The summed E-state index contributed by atoms with van der Waals surface area (Å²) >= 11 is 1.52. The number of nitrogens with one attached hydrogen (secondary N) is 2. The molecule has 21 heavy (non-hydrogen) atoms. The number of hydrogen-bond acceptors (Lipinski definition) is 6. The number of carboxylic acid groups (broad SMARTS) is 1. The maximum atomic E-state index is 12.2. The number of carbonyl (C=O) groups is 2. The highest BCUT2D eigenvalue weighted by Crippen LogP contribution is 2.51. The number of hydrogen-bond donors (Lipinski definition) is 4. The average Bonchev–Trinajstić information content (AvgIpc) is 2.97. The number of carbonyl (C=O) groups excluding carboxylic acids is 1. The third kappa shape index (κ3) is 2.17. The van der Waals surface area contributed by atoms with Crippen molar-refractivity contribution in [2.24, 2.45) is 11.8 Å². The number of carboxylic acids is 1. The molecule has 0 aromatic rings. The maximum absolute atomic E-state index is 12.2. The molecule has 3 aliphatic rings. The minimum Gasteiger partial charge on any atom is -0.477 e. The molecule has 4 atom stereocenters. The van der Waals surface area contributed by atoms with Crippen molar-refractivity contribution in [3.8, 4) is 0 Å². The first-order valence-corrected chi connectivity index (χ1v) is 7.92. The normalized spacial score (nSPS) is 34.1. The predicted octanol–water partition coefficient (Wildman–Crippen LogP) is -0.650. The molecule has 0 saturated carbocycles. The first-order valence-electron chi connectivity index (χ1n) is 7.04. The SMILES string of the molecule is C[C@H]1C(SC2CNNC2)=C(C(=O)O)N2C(=O)[C@@H]([C@@H](C)O)C12. The molecular weight excluding hydrogens is 294 g/mol. The second-order valence-electron chi connectivity index (χ2n) is 5.77. The molecule has 0 radical (unpaired) electrons. The number of aliphatic hydroxyl groups is 1. The van der Waals surface area contributed by atoms with Crippen LogP contribution in [0.3, 0.4) is 0 Å². The van der Waals surface area contributed by atoms with Crippen LogP contribution in [0.15, 0.2) is 10.6 Å². The lowest BCUT2D eigenvalue weighted by molar-refractivity contribution is -0.163. The number of aliphatic carboxylic acids is 1. The zero-order chi connectivity index (χ0) is 15.3. The quantitative estimate of drug-likeness (QED) is 0.512. The van der Waals surface area contributed by atoms with E-state index in [4.69, 9.17) is 0 Å². The molecule has 0 aromatic heterocycles. The lowest BCUT2D eigenvalue weighted by Gasteiger charge is -2.46. The molecule has 1 amide bonds. The van der Waals surface area contributed by atoms with Crippen LogP contribution in [0.2, 0.25) is 0 Å². The Morgan fingerprint density at radius 2 is 2.05 bits per heavy atom. The topological polar surface area (TPSA) is 102 Å². The third-order valence-corrected chi connectivity index (χ3v) is 5.87. The van der Waals surface area contributed by atoms with Crippen LogP contribution >= 0.6 is 11.8 Å². The van der Waals surface area contributed by atoms with Crippen LogP contribution in [-0.4, -0.2) is 57.5 Å². The van der Waals surface area contributed by atoms with Gasteiger partial charge >= 0.3 is 5.97 Å². The number of rotatable bonds is 4. The summed E-state index contributed by atoms with van der Waals surface area (Å²) in [6.07, 6.45) is -0.754. The Labute approximate surface area is 126 Å². The van der Waals surface area contributed by atoms with E-state index in [9.17, 15) is 19.8 Å². The van der Waals surface area contributed by atoms with E-state index in [0.29, 0.717) is 0 Å². The van der Waals surface area contributed by atoms with E-state index < -0.39 is 18.0 Å². The summed E-state index contributed by atoms with van der Waals surface area (Å²) in [6, 6.07) is -0.228. The van der Waals surface area contributed by atoms with Crippen molar-refractivity contribution in [1.82, 2.24) is 15.8 Å². The van der Waals surface area contributed by atoms with Gasteiger partial charge < -0.3 is 15.1 Å². The van der Waals surface area contributed by atoms with Gasteiger partial charge in [-0.15, -0.1) is 11.8 Å². The molecule has 116 valence electrons. The van der Waals surface area contributed by atoms with Crippen molar-refractivity contribution in [2.75, 3.05) is 13.1 Å². The van der Waals surface area contributed by atoms with Crippen LogP contribution in [-0.2, 0) is 9.59 Å². The van der Waals surface area contributed by atoms with Crippen LogP contribution in [0, 0.1) is 11.8 Å². The number of hydrazine groups is 1. The Hall–Kier alpha value is -1.09.